The molecule has 2 N–H and O–H groups in total. The molecule has 154 valence electrons. The summed E-state index contributed by atoms with van der Waals surface area (Å²) in [5, 5.41) is 3.82. The van der Waals surface area contributed by atoms with Crippen LogP contribution in [-0.2, 0) is 10.2 Å². The van der Waals surface area contributed by atoms with Gasteiger partial charge in [-0.3, -0.25) is 14.1 Å². The SMILES string of the molecule is O=C(Nc1ccc(Cl)c(-c2cc(Cl)ccn2)c1)c1ccc(N2CCNS2(=O)=O)cc1. The van der Waals surface area contributed by atoms with E-state index in [1.54, 1.807) is 60.8 Å². The highest BCUT2D eigenvalue weighted by Crippen LogP contribution is 2.31. The fourth-order valence-electron chi connectivity index (χ4n) is 3.08. The Kier molecular flexibility index (Phi) is 5.66. The summed E-state index contributed by atoms with van der Waals surface area (Å²) < 4.78 is 27.6. The molecule has 2 aromatic carbocycles. The zero-order chi connectivity index (χ0) is 21.3. The number of halogens is 2. The third-order valence-electron chi connectivity index (χ3n) is 4.53. The third-order valence-corrected chi connectivity index (χ3v) is 6.64. The number of hydrogen-bond donors (Lipinski definition) is 2. The molecular weight excluding hydrogens is 447 g/mol. The van der Waals surface area contributed by atoms with Crippen molar-refractivity contribution in [1.82, 2.24) is 9.71 Å². The molecule has 1 aliphatic rings. The standard InChI is InChI=1S/C20H16Cl2N4O3S/c21-14-7-8-23-19(11-14)17-12-15(3-6-18(17)22)25-20(27)13-1-4-16(5-2-13)26-10-9-24-30(26,28)29/h1-8,11-12,24H,9-10H2,(H,25,27). The van der Waals surface area contributed by atoms with Crippen molar-refractivity contribution in [1.29, 1.82) is 0 Å². The predicted octanol–water partition coefficient (Wildman–Crippen LogP) is 3.96. The van der Waals surface area contributed by atoms with Crippen molar-refractivity contribution >= 4 is 50.7 Å². The Bertz CT molecular complexity index is 1220. The second-order valence-corrected chi connectivity index (χ2v) is 9.05. The molecule has 0 atom stereocenters. The van der Waals surface area contributed by atoms with Crippen LogP contribution in [0, 0.1) is 0 Å². The highest BCUT2D eigenvalue weighted by atomic mass is 35.5. The van der Waals surface area contributed by atoms with Crippen molar-refractivity contribution in [3.63, 3.8) is 0 Å². The number of benzene rings is 2. The van der Waals surface area contributed by atoms with Crippen LogP contribution >= 0.6 is 23.2 Å². The van der Waals surface area contributed by atoms with Gasteiger partial charge in [-0.25, -0.2) is 0 Å². The van der Waals surface area contributed by atoms with Gasteiger partial charge in [-0.1, -0.05) is 23.2 Å². The Morgan fingerprint density at radius 2 is 1.83 bits per heavy atom. The van der Waals surface area contributed by atoms with E-state index in [1.165, 1.54) is 4.31 Å². The van der Waals surface area contributed by atoms with E-state index in [9.17, 15) is 13.2 Å². The molecule has 30 heavy (non-hydrogen) atoms. The first-order valence-corrected chi connectivity index (χ1v) is 11.1. The lowest BCUT2D eigenvalue weighted by Crippen LogP contribution is -2.29. The molecule has 0 radical (unpaired) electrons. The second-order valence-electron chi connectivity index (χ2n) is 6.53. The van der Waals surface area contributed by atoms with E-state index in [4.69, 9.17) is 23.2 Å². The maximum absolute atomic E-state index is 12.6. The van der Waals surface area contributed by atoms with Crippen molar-refractivity contribution in [3.05, 3.63) is 76.4 Å². The van der Waals surface area contributed by atoms with E-state index < -0.39 is 10.2 Å². The minimum absolute atomic E-state index is 0.337. The van der Waals surface area contributed by atoms with E-state index in [2.05, 4.69) is 15.0 Å². The number of aromatic nitrogens is 1. The van der Waals surface area contributed by atoms with E-state index in [0.29, 0.717) is 51.3 Å². The normalized spacial score (nSPS) is 15.2. The first-order chi connectivity index (χ1) is 14.3. The molecule has 2 heterocycles. The van der Waals surface area contributed by atoms with Crippen LogP contribution in [0.25, 0.3) is 11.3 Å². The van der Waals surface area contributed by atoms with E-state index >= 15 is 0 Å². The molecular formula is C20H16Cl2N4O3S. The summed E-state index contributed by atoms with van der Waals surface area (Å²) >= 11 is 12.3. The van der Waals surface area contributed by atoms with Gasteiger partial charge in [0.05, 0.1) is 16.4 Å². The third kappa shape index (κ3) is 4.27. The summed E-state index contributed by atoms with van der Waals surface area (Å²) in [5.41, 5.74) is 2.65. The molecule has 0 unspecified atom stereocenters. The molecule has 1 amide bonds. The minimum Gasteiger partial charge on any atom is -0.322 e. The van der Waals surface area contributed by atoms with Crippen molar-refractivity contribution in [3.8, 4) is 11.3 Å². The average Bonchev–Trinajstić information content (AvgIpc) is 3.08. The lowest BCUT2D eigenvalue weighted by Gasteiger charge is -2.16. The summed E-state index contributed by atoms with van der Waals surface area (Å²) in [6.45, 7) is 0.698. The van der Waals surface area contributed by atoms with Crippen molar-refractivity contribution < 1.29 is 13.2 Å². The summed E-state index contributed by atoms with van der Waals surface area (Å²) in [6, 6.07) is 14.8. The topological polar surface area (TPSA) is 91.4 Å². The largest absolute Gasteiger partial charge is 0.322 e. The fourth-order valence-corrected chi connectivity index (χ4v) is 4.69. The van der Waals surface area contributed by atoms with Crippen LogP contribution in [-0.4, -0.2) is 32.4 Å². The zero-order valence-corrected chi connectivity index (χ0v) is 17.8. The van der Waals surface area contributed by atoms with Crippen LogP contribution in [0.1, 0.15) is 10.4 Å². The molecule has 4 rings (SSSR count). The van der Waals surface area contributed by atoms with Crippen LogP contribution in [0.3, 0.4) is 0 Å². The summed E-state index contributed by atoms with van der Waals surface area (Å²) in [6.07, 6.45) is 1.58. The number of anilines is 2. The van der Waals surface area contributed by atoms with Gasteiger partial charge < -0.3 is 5.32 Å². The molecule has 7 nitrogen and oxygen atoms in total. The van der Waals surface area contributed by atoms with Crippen LogP contribution in [0.2, 0.25) is 10.0 Å². The van der Waals surface area contributed by atoms with Gasteiger partial charge in [0, 0.05) is 41.1 Å². The molecule has 0 spiro atoms. The summed E-state index contributed by atoms with van der Waals surface area (Å²) in [4.78, 5) is 16.9. The van der Waals surface area contributed by atoms with Gasteiger partial charge in [-0.05, 0) is 54.6 Å². The van der Waals surface area contributed by atoms with Crippen molar-refractivity contribution in [2.75, 3.05) is 22.7 Å². The highest BCUT2D eigenvalue weighted by molar-refractivity contribution is 7.91. The lowest BCUT2D eigenvalue weighted by molar-refractivity contribution is 0.102. The summed E-state index contributed by atoms with van der Waals surface area (Å²) in [5.74, 6) is -0.337. The first-order valence-electron chi connectivity index (χ1n) is 8.94. The Balaban J connectivity index is 1.54. The number of amides is 1. The van der Waals surface area contributed by atoms with E-state index in [-0.39, 0.29) is 5.91 Å². The van der Waals surface area contributed by atoms with Gasteiger partial charge in [0.1, 0.15) is 0 Å². The summed E-state index contributed by atoms with van der Waals surface area (Å²) in [7, 11) is -3.51. The predicted molar refractivity (Wildman–Crippen MR) is 118 cm³/mol. The molecule has 1 aliphatic heterocycles. The molecule has 1 aromatic heterocycles. The molecule has 10 heteroatoms. The quantitative estimate of drug-likeness (QED) is 0.613. The van der Waals surface area contributed by atoms with E-state index in [1.807, 2.05) is 0 Å². The minimum atomic E-state index is -3.51. The smallest absolute Gasteiger partial charge is 0.301 e. The number of hydrogen-bond acceptors (Lipinski definition) is 4. The van der Waals surface area contributed by atoms with Crippen LogP contribution < -0.4 is 14.3 Å². The van der Waals surface area contributed by atoms with Crippen LogP contribution in [0.4, 0.5) is 11.4 Å². The van der Waals surface area contributed by atoms with Crippen molar-refractivity contribution in [2.45, 2.75) is 0 Å². The monoisotopic (exact) mass is 462 g/mol. The number of pyridine rings is 1. The maximum Gasteiger partial charge on any atom is 0.301 e. The van der Waals surface area contributed by atoms with Gasteiger partial charge in [0.15, 0.2) is 0 Å². The molecule has 0 aliphatic carbocycles. The molecule has 0 saturated carbocycles. The number of carbonyl (C=O) groups is 1. The van der Waals surface area contributed by atoms with Crippen LogP contribution in [0.5, 0.6) is 0 Å². The average molecular weight is 463 g/mol. The maximum atomic E-state index is 12.6. The van der Waals surface area contributed by atoms with Gasteiger partial charge in [0.2, 0.25) is 0 Å². The number of rotatable bonds is 4. The molecule has 1 fully saturated rings. The van der Waals surface area contributed by atoms with Crippen LogP contribution in [0.15, 0.2) is 60.8 Å². The Hall–Kier alpha value is -2.65. The van der Waals surface area contributed by atoms with Crippen molar-refractivity contribution in [2.24, 2.45) is 0 Å². The molecule has 3 aromatic rings. The van der Waals surface area contributed by atoms with E-state index in [0.717, 1.165) is 0 Å². The number of nitrogens with one attached hydrogen (secondary N) is 2. The fraction of sp³-hybridized carbons (Fsp3) is 0.100. The second kappa shape index (κ2) is 8.23. The van der Waals surface area contributed by atoms with Gasteiger partial charge in [0.25, 0.3) is 5.91 Å². The first kappa shape index (κ1) is 20.6. The number of nitrogens with zero attached hydrogens (tertiary/aromatic N) is 2. The van der Waals surface area contributed by atoms with Gasteiger partial charge in [-0.15, -0.1) is 0 Å². The highest BCUT2D eigenvalue weighted by Gasteiger charge is 2.27. The Morgan fingerprint density at radius 1 is 1.07 bits per heavy atom. The lowest BCUT2D eigenvalue weighted by atomic mass is 10.1. The Morgan fingerprint density at radius 3 is 2.50 bits per heavy atom. The molecule has 0 bridgehead atoms. The molecule has 1 saturated heterocycles. The van der Waals surface area contributed by atoms with Gasteiger partial charge in [-0.2, -0.15) is 13.1 Å². The Labute approximate surface area is 183 Å². The zero-order valence-electron chi connectivity index (χ0n) is 15.5. The number of carbonyl (C=O) groups excluding carboxylic acids is 1. The van der Waals surface area contributed by atoms with Gasteiger partial charge >= 0.3 is 10.2 Å².